The summed E-state index contributed by atoms with van der Waals surface area (Å²) in [6.07, 6.45) is 1.30. The van der Waals surface area contributed by atoms with Crippen molar-refractivity contribution in [3.05, 3.63) is 62.1 Å². The van der Waals surface area contributed by atoms with Crippen LogP contribution in [0.4, 0.5) is 16.2 Å². The smallest absolute Gasteiger partial charge is 0.335 e. The van der Waals surface area contributed by atoms with Gasteiger partial charge in [0, 0.05) is 12.1 Å². The number of nitro groups is 1. The van der Waals surface area contributed by atoms with Gasteiger partial charge in [0.25, 0.3) is 17.5 Å². The van der Waals surface area contributed by atoms with Crippen molar-refractivity contribution in [2.45, 2.75) is 0 Å². The van der Waals surface area contributed by atoms with Gasteiger partial charge in [0.2, 0.25) is 0 Å². The Morgan fingerprint density at radius 1 is 1.10 bits per heavy atom. The summed E-state index contributed by atoms with van der Waals surface area (Å²) >= 11 is 3.33. The first-order chi connectivity index (χ1) is 14.3. The fourth-order valence-corrected chi connectivity index (χ4v) is 3.42. The molecule has 1 aliphatic heterocycles. The number of barbiturate groups is 1. The predicted octanol–water partition coefficient (Wildman–Crippen LogP) is 3.04. The number of imide groups is 2. The average Bonchev–Trinajstić information content (AvgIpc) is 2.70. The molecule has 0 aromatic heterocycles. The molecule has 1 N–H and O–H groups in total. The third kappa shape index (κ3) is 3.87. The van der Waals surface area contributed by atoms with Crippen LogP contribution in [-0.4, -0.2) is 37.0 Å². The molecule has 0 spiro atoms. The summed E-state index contributed by atoms with van der Waals surface area (Å²) < 4.78 is 11.0. The number of amides is 4. The van der Waals surface area contributed by atoms with Crippen molar-refractivity contribution in [1.29, 1.82) is 0 Å². The molecule has 0 unspecified atom stereocenters. The van der Waals surface area contributed by atoms with Crippen LogP contribution in [0.1, 0.15) is 5.56 Å². The maximum absolute atomic E-state index is 12.9. The highest BCUT2D eigenvalue weighted by atomic mass is 79.9. The van der Waals surface area contributed by atoms with Gasteiger partial charge >= 0.3 is 6.03 Å². The molecular weight excluding hydrogens is 462 g/mol. The summed E-state index contributed by atoms with van der Waals surface area (Å²) in [4.78, 5) is 48.4. The summed E-state index contributed by atoms with van der Waals surface area (Å²) in [6.45, 7) is 0. The van der Waals surface area contributed by atoms with Crippen LogP contribution in [0.2, 0.25) is 0 Å². The minimum absolute atomic E-state index is 0.0787. The Morgan fingerprint density at radius 3 is 2.33 bits per heavy atom. The van der Waals surface area contributed by atoms with Crippen LogP contribution in [0.25, 0.3) is 6.08 Å². The number of halogens is 1. The van der Waals surface area contributed by atoms with Crippen LogP contribution in [0, 0.1) is 10.1 Å². The van der Waals surface area contributed by atoms with Crippen molar-refractivity contribution in [3.8, 4) is 11.5 Å². The Labute approximate surface area is 178 Å². The molecule has 0 saturated carbocycles. The molecule has 30 heavy (non-hydrogen) atoms. The fraction of sp³-hybridized carbons (Fsp3) is 0.105. The third-order valence-electron chi connectivity index (χ3n) is 4.19. The molecule has 2 aromatic carbocycles. The standard InChI is InChI=1S/C19H14BrN3O7/c1-29-15-9-10(8-14(20)16(15)30-2)7-13-17(24)21-19(26)22(18(13)25)11-3-5-12(6-4-11)23(27)28/h3-9H,1-2H3,(H,21,24,26)/b13-7+. The van der Waals surface area contributed by atoms with Gasteiger partial charge in [0.1, 0.15) is 5.57 Å². The van der Waals surface area contributed by atoms with E-state index >= 15 is 0 Å². The molecule has 10 nitrogen and oxygen atoms in total. The van der Waals surface area contributed by atoms with E-state index < -0.39 is 22.8 Å². The van der Waals surface area contributed by atoms with E-state index in [0.717, 1.165) is 17.0 Å². The zero-order valence-corrected chi connectivity index (χ0v) is 17.3. The number of nitrogens with one attached hydrogen (secondary N) is 1. The lowest BCUT2D eigenvalue weighted by Gasteiger charge is -2.26. The fourth-order valence-electron chi connectivity index (χ4n) is 2.80. The molecule has 0 bridgehead atoms. The van der Waals surface area contributed by atoms with E-state index in [1.54, 1.807) is 12.1 Å². The van der Waals surface area contributed by atoms with Crippen LogP contribution in [0.3, 0.4) is 0 Å². The molecule has 4 amide bonds. The molecular formula is C19H14BrN3O7. The molecule has 1 aliphatic rings. The molecule has 3 rings (SSSR count). The van der Waals surface area contributed by atoms with Crippen molar-refractivity contribution in [3.63, 3.8) is 0 Å². The van der Waals surface area contributed by atoms with Crippen molar-refractivity contribution in [2.24, 2.45) is 0 Å². The minimum Gasteiger partial charge on any atom is -0.493 e. The van der Waals surface area contributed by atoms with E-state index in [0.29, 0.717) is 21.5 Å². The highest BCUT2D eigenvalue weighted by Gasteiger charge is 2.37. The molecule has 154 valence electrons. The predicted molar refractivity (Wildman–Crippen MR) is 109 cm³/mol. The second-order valence-corrected chi connectivity index (χ2v) is 6.82. The topological polar surface area (TPSA) is 128 Å². The Morgan fingerprint density at radius 2 is 1.77 bits per heavy atom. The van der Waals surface area contributed by atoms with Gasteiger partial charge < -0.3 is 9.47 Å². The SMILES string of the molecule is COc1cc(/C=C2\C(=O)NC(=O)N(c3ccc([N+](=O)[O-])cc3)C2=O)cc(Br)c1OC. The van der Waals surface area contributed by atoms with E-state index in [4.69, 9.17) is 9.47 Å². The maximum atomic E-state index is 12.9. The van der Waals surface area contributed by atoms with Gasteiger partial charge in [-0.2, -0.15) is 0 Å². The van der Waals surface area contributed by atoms with E-state index in [1.807, 2.05) is 0 Å². The third-order valence-corrected chi connectivity index (χ3v) is 4.78. The molecule has 11 heteroatoms. The zero-order chi connectivity index (χ0) is 22.0. The van der Waals surface area contributed by atoms with Crippen molar-refractivity contribution < 1.29 is 28.8 Å². The summed E-state index contributed by atoms with van der Waals surface area (Å²) in [5.41, 5.74) is 0.0173. The first kappa shape index (κ1) is 21.0. The summed E-state index contributed by atoms with van der Waals surface area (Å²) in [6, 6.07) is 7.02. The number of carbonyl (C=O) groups excluding carboxylic acids is 3. The second kappa shape index (κ2) is 8.33. The number of rotatable bonds is 5. The molecule has 1 heterocycles. The summed E-state index contributed by atoms with van der Waals surface area (Å²) in [5, 5.41) is 12.9. The van der Waals surface area contributed by atoms with Crippen molar-refractivity contribution in [2.75, 3.05) is 19.1 Å². The number of methoxy groups -OCH3 is 2. The maximum Gasteiger partial charge on any atom is 0.335 e. The molecule has 1 fully saturated rings. The largest absolute Gasteiger partial charge is 0.493 e. The molecule has 0 aliphatic carbocycles. The average molecular weight is 476 g/mol. The van der Waals surface area contributed by atoms with E-state index in [2.05, 4.69) is 21.2 Å². The van der Waals surface area contributed by atoms with Crippen LogP contribution in [0.5, 0.6) is 11.5 Å². The monoisotopic (exact) mass is 475 g/mol. The highest BCUT2D eigenvalue weighted by Crippen LogP contribution is 2.37. The van der Waals surface area contributed by atoms with Gasteiger partial charge in [-0.15, -0.1) is 0 Å². The Kier molecular flexibility index (Phi) is 5.83. The first-order valence-electron chi connectivity index (χ1n) is 8.34. The number of hydrogen-bond donors (Lipinski definition) is 1. The number of carbonyl (C=O) groups is 3. The quantitative estimate of drug-likeness (QED) is 0.304. The number of nitro benzene ring substituents is 1. The number of benzene rings is 2. The lowest BCUT2D eigenvalue weighted by Crippen LogP contribution is -2.54. The van der Waals surface area contributed by atoms with Crippen molar-refractivity contribution in [1.82, 2.24) is 5.32 Å². The van der Waals surface area contributed by atoms with Crippen LogP contribution in [0.15, 0.2) is 46.4 Å². The number of hydrogen-bond acceptors (Lipinski definition) is 7. The van der Waals surface area contributed by atoms with E-state index in [-0.39, 0.29) is 16.9 Å². The van der Waals surface area contributed by atoms with Gasteiger partial charge in [-0.25, -0.2) is 9.69 Å². The first-order valence-corrected chi connectivity index (χ1v) is 9.13. The number of urea groups is 1. The van der Waals surface area contributed by atoms with Crippen LogP contribution < -0.4 is 19.7 Å². The van der Waals surface area contributed by atoms with Gasteiger partial charge in [0.05, 0.1) is 29.3 Å². The Bertz CT molecular complexity index is 1100. The highest BCUT2D eigenvalue weighted by molar-refractivity contribution is 9.10. The normalized spacial score (nSPS) is 15.2. The van der Waals surface area contributed by atoms with Gasteiger partial charge in [0.15, 0.2) is 11.5 Å². The lowest BCUT2D eigenvalue weighted by atomic mass is 10.1. The van der Waals surface area contributed by atoms with Crippen LogP contribution in [-0.2, 0) is 9.59 Å². The zero-order valence-electron chi connectivity index (χ0n) is 15.7. The second-order valence-electron chi connectivity index (χ2n) is 5.97. The number of anilines is 1. The summed E-state index contributed by atoms with van der Waals surface area (Å²) in [5.74, 6) is -0.940. The molecule has 0 radical (unpaired) electrons. The number of nitrogens with zero attached hydrogens (tertiary/aromatic N) is 2. The summed E-state index contributed by atoms with van der Waals surface area (Å²) in [7, 11) is 2.90. The Balaban J connectivity index is 2.02. The number of ether oxygens (including phenoxy) is 2. The lowest BCUT2D eigenvalue weighted by molar-refractivity contribution is -0.384. The van der Waals surface area contributed by atoms with Gasteiger partial charge in [-0.1, -0.05) is 0 Å². The minimum atomic E-state index is -0.954. The van der Waals surface area contributed by atoms with Crippen LogP contribution >= 0.6 is 15.9 Å². The van der Waals surface area contributed by atoms with E-state index in [1.165, 1.54) is 32.4 Å². The molecule has 1 saturated heterocycles. The van der Waals surface area contributed by atoms with Crippen molar-refractivity contribution >= 4 is 51.2 Å². The van der Waals surface area contributed by atoms with Gasteiger partial charge in [-0.05, 0) is 51.8 Å². The Hall–Kier alpha value is -3.73. The molecule has 2 aromatic rings. The van der Waals surface area contributed by atoms with Gasteiger partial charge in [-0.3, -0.25) is 25.0 Å². The van der Waals surface area contributed by atoms with E-state index in [9.17, 15) is 24.5 Å². The molecule has 0 atom stereocenters. The number of non-ortho nitro benzene ring substituents is 1.